The van der Waals surface area contributed by atoms with E-state index in [1.165, 1.54) is 0 Å². The normalized spacial score (nSPS) is 32.9. The Labute approximate surface area is 92.5 Å². The van der Waals surface area contributed by atoms with Crippen LogP contribution in [-0.2, 0) is 0 Å². The summed E-state index contributed by atoms with van der Waals surface area (Å²) >= 11 is 0. The van der Waals surface area contributed by atoms with Gasteiger partial charge in [0.2, 0.25) is 0 Å². The van der Waals surface area contributed by atoms with Gasteiger partial charge in [-0.25, -0.2) is 4.79 Å². The van der Waals surface area contributed by atoms with Crippen molar-refractivity contribution < 1.29 is 9.90 Å². The zero-order valence-corrected chi connectivity index (χ0v) is 10.5. The number of piperidine rings is 1. The summed E-state index contributed by atoms with van der Waals surface area (Å²) in [7, 11) is 0. The number of amides is 1. The fraction of sp³-hybridized carbons (Fsp3) is 0.917. The summed E-state index contributed by atoms with van der Waals surface area (Å²) in [4.78, 5) is 12.9. The lowest BCUT2D eigenvalue weighted by Gasteiger charge is -2.53. The Kier molecular flexibility index (Phi) is 3.04. The first-order valence-corrected chi connectivity index (χ1v) is 5.69. The SMILES string of the molecule is CC1CCC(C)(C(C)(C)C)N(C(=O)O)C1. The van der Waals surface area contributed by atoms with Gasteiger partial charge >= 0.3 is 6.09 Å². The molecule has 0 spiro atoms. The van der Waals surface area contributed by atoms with Crippen LogP contribution >= 0.6 is 0 Å². The summed E-state index contributed by atoms with van der Waals surface area (Å²) in [5, 5.41) is 9.28. The third kappa shape index (κ3) is 2.11. The summed E-state index contributed by atoms with van der Waals surface area (Å²) in [6.07, 6.45) is 1.31. The van der Waals surface area contributed by atoms with Crippen LogP contribution in [0.4, 0.5) is 4.79 Å². The molecule has 1 rings (SSSR count). The van der Waals surface area contributed by atoms with E-state index in [1.807, 2.05) is 0 Å². The van der Waals surface area contributed by atoms with Crippen molar-refractivity contribution in [2.24, 2.45) is 11.3 Å². The van der Waals surface area contributed by atoms with Gasteiger partial charge in [-0.15, -0.1) is 0 Å². The largest absolute Gasteiger partial charge is 0.465 e. The second-order valence-electron chi connectivity index (χ2n) is 6.06. The molecular weight excluding hydrogens is 190 g/mol. The molecule has 1 aliphatic rings. The number of hydrogen-bond acceptors (Lipinski definition) is 1. The molecule has 1 aliphatic heterocycles. The van der Waals surface area contributed by atoms with Crippen LogP contribution in [0.2, 0.25) is 0 Å². The molecule has 2 atom stereocenters. The van der Waals surface area contributed by atoms with E-state index in [0.29, 0.717) is 12.5 Å². The Morgan fingerprint density at radius 1 is 1.47 bits per heavy atom. The zero-order chi connectivity index (χ0) is 11.9. The van der Waals surface area contributed by atoms with Gasteiger partial charge in [-0.3, -0.25) is 0 Å². The van der Waals surface area contributed by atoms with Gasteiger partial charge in [-0.05, 0) is 31.1 Å². The van der Waals surface area contributed by atoms with E-state index in [2.05, 4.69) is 34.6 Å². The van der Waals surface area contributed by atoms with Gasteiger partial charge in [0.1, 0.15) is 0 Å². The van der Waals surface area contributed by atoms with E-state index in [0.717, 1.165) is 12.8 Å². The van der Waals surface area contributed by atoms with E-state index >= 15 is 0 Å². The maximum absolute atomic E-state index is 11.3. The van der Waals surface area contributed by atoms with Gasteiger partial charge in [0.25, 0.3) is 0 Å². The number of carbonyl (C=O) groups is 1. The highest BCUT2D eigenvalue weighted by molar-refractivity contribution is 5.66. The fourth-order valence-corrected chi connectivity index (χ4v) is 2.34. The summed E-state index contributed by atoms with van der Waals surface area (Å²) < 4.78 is 0. The molecule has 3 heteroatoms. The van der Waals surface area contributed by atoms with Crippen molar-refractivity contribution in [1.29, 1.82) is 0 Å². The molecule has 88 valence electrons. The Bertz CT molecular complexity index is 257. The van der Waals surface area contributed by atoms with Crippen LogP contribution in [0.15, 0.2) is 0 Å². The Morgan fingerprint density at radius 2 is 2.00 bits per heavy atom. The van der Waals surface area contributed by atoms with Gasteiger partial charge in [0, 0.05) is 12.1 Å². The van der Waals surface area contributed by atoms with Crippen molar-refractivity contribution in [2.75, 3.05) is 6.54 Å². The Morgan fingerprint density at radius 3 is 2.40 bits per heavy atom. The minimum Gasteiger partial charge on any atom is -0.465 e. The average molecular weight is 213 g/mol. The molecule has 1 amide bonds. The van der Waals surface area contributed by atoms with Crippen LogP contribution in [0, 0.1) is 11.3 Å². The first-order chi connectivity index (χ1) is 6.68. The van der Waals surface area contributed by atoms with Crippen LogP contribution in [0.3, 0.4) is 0 Å². The Hall–Kier alpha value is -0.730. The summed E-state index contributed by atoms with van der Waals surface area (Å²) in [5.74, 6) is 0.483. The minimum atomic E-state index is -0.779. The summed E-state index contributed by atoms with van der Waals surface area (Å²) in [6, 6.07) is 0. The van der Waals surface area contributed by atoms with E-state index in [-0.39, 0.29) is 11.0 Å². The molecule has 1 fully saturated rings. The topological polar surface area (TPSA) is 40.5 Å². The second kappa shape index (κ2) is 3.69. The van der Waals surface area contributed by atoms with Crippen LogP contribution < -0.4 is 0 Å². The molecule has 0 bridgehead atoms. The maximum atomic E-state index is 11.3. The molecule has 0 aromatic carbocycles. The monoisotopic (exact) mass is 213 g/mol. The molecule has 3 nitrogen and oxygen atoms in total. The smallest absolute Gasteiger partial charge is 0.407 e. The van der Waals surface area contributed by atoms with E-state index in [1.54, 1.807) is 4.90 Å². The highest BCUT2D eigenvalue weighted by atomic mass is 16.4. The summed E-state index contributed by atoms with van der Waals surface area (Å²) in [6.45, 7) is 11.2. The first-order valence-electron chi connectivity index (χ1n) is 5.69. The maximum Gasteiger partial charge on any atom is 0.407 e. The molecule has 15 heavy (non-hydrogen) atoms. The molecule has 1 N–H and O–H groups in total. The number of rotatable bonds is 0. The van der Waals surface area contributed by atoms with Crippen molar-refractivity contribution >= 4 is 6.09 Å². The minimum absolute atomic E-state index is 0.00840. The van der Waals surface area contributed by atoms with Crippen molar-refractivity contribution in [3.63, 3.8) is 0 Å². The Balaban J connectivity index is 3.00. The molecule has 2 unspecified atom stereocenters. The second-order valence-corrected chi connectivity index (χ2v) is 6.06. The van der Waals surface area contributed by atoms with Crippen molar-refractivity contribution in [3.8, 4) is 0 Å². The third-order valence-corrected chi connectivity index (χ3v) is 4.06. The highest BCUT2D eigenvalue weighted by Crippen LogP contribution is 2.43. The van der Waals surface area contributed by atoms with Crippen LogP contribution in [0.1, 0.15) is 47.5 Å². The van der Waals surface area contributed by atoms with Crippen LogP contribution in [0.25, 0.3) is 0 Å². The van der Waals surface area contributed by atoms with Crippen LogP contribution in [0.5, 0.6) is 0 Å². The first kappa shape index (κ1) is 12.3. The molecule has 1 saturated heterocycles. The summed E-state index contributed by atoms with van der Waals surface area (Å²) in [5.41, 5.74) is -0.239. The van der Waals surface area contributed by atoms with E-state index in [4.69, 9.17) is 0 Å². The molecule has 0 aliphatic carbocycles. The number of likely N-dealkylation sites (tertiary alicyclic amines) is 1. The molecule has 0 aromatic heterocycles. The molecule has 1 heterocycles. The van der Waals surface area contributed by atoms with Gasteiger partial charge in [-0.2, -0.15) is 0 Å². The van der Waals surface area contributed by atoms with Crippen molar-refractivity contribution in [1.82, 2.24) is 4.90 Å². The van der Waals surface area contributed by atoms with Crippen LogP contribution in [-0.4, -0.2) is 28.2 Å². The highest BCUT2D eigenvalue weighted by Gasteiger charge is 2.47. The van der Waals surface area contributed by atoms with Crippen molar-refractivity contribution in [2.45, 2.75) is 53.0 Å². The molecular formula is C12H23NO2. The number of hydrogen-bond donors (Lipinski definition) is 1. The molecule has 0 radical (unpaired) electrons. The molecule has 0 aromatic rings. The lowest BCUT2D eigenvalue weighted by molar-refractivity contribution is -0.0259. The third-order valence-electron chi connectivity index (χ3n) is 4.06. The van der Waals surface area contributed by atoms with Gasteiger partial charge in [0.15, 0.2) is 0 Å². The lowest BCUT2D eigenvalue weighted by atomic mass is 9.68. The fourth-order valence-electron chi connectivity index (χ4n) is 2.34. The quantitative estimate of drug-likeness (QED) is 0.671. The van der Waals surface area contributed by atoms with E-state index in [9.17, 15) is 9.90 Å². The lowest BCUT2D eigenvalue weighted by Crippen LogP contribution is -2.60. The molecule has 0 saturated carbocycles. The average Bonchev–Trinajstić information content (AvgIpc) is 2.07. The van der Waals surface area contributed by atoms with Crippen molar-refractivity contribution in [3.05, 3.63) is 0 Å². The standard InChI is InChI=1S/C12H23NO2/c1-9-6-7-12(5,11(2,3)4)13(8-9)10(14)15/h9H,6-8H2,1-5H3,(H,14,15). The predicted octanol–water partition coefficient (Wildman–Crippen LogP) is 3.20. The van der Waals surface area contributed by atoms with Gasteiger partial charge in [-0.1, -0.05) is 27.7 Å². The zero-order valence-electron chi connectivity index (χ0n) is 10.5. The number of carboxylic acid groups (broad SMARTS) is 1. The number of nitrogens with zero attached hydrogens (tertiary/aromatic N) is 1. The predicted molar refractivity (Wildman–Crippen MR) is 61.0 cm³/mol. The van der Waals surface area contributed by atoms with E-state index < -0.39 is 6.09 Å². The van der Waals surface area contributed by atoms with Gasteiger partial charge < -0.3 is 10.0 Å². The van der Waals surface area contributed by atoms with Gasteiger partial charge in [0.05, 0.1) is 0 Å².